The number of nitrogens with two attached hydrogens (primary N) is 1. The van der Waals surface area contributed by atoms with Crippen LogP contribution in [0.3, 0.4) is 0 Å². The summed E-state index contributed by atoms with van der Waals surface area (Å²) in [5.41, 5.74) is 7.54. The van der Waals surface area contributed by atoms with Gasteiger partial charge in [-0.1, -0.05) is 11.6 Å². The summed E-state index contributed by atoms with van der Waals surface area (Å²) >= 11 is 5.86. The molecule has 0 amide bonds. The third kappa shape index (κ3) is 1.28. The van der Waals surface area contributed by atoms with Crippen LogP contribution >= 0.6 is 11.6 Å². The predicted molar refractivity (Wildman–Crippen MR) is 59.2 cm³/mol. The average Bonchev–Trinajstić information content (AvgIpc) is 2.39. The minimum Gasteiger partial charge on any atom is -0.368 e. The van der Waals surface area contributed by atoms with Gasteiger partial charge in [0.15, 0.2) is 0 Å². The van der Waals surface area contributed by atoms with E-state index in [1.165, 1.54) is 0 Å². The number of hydrogen-bond donors (Lipinski definition) is 1. The molecule has 14 heavy (non-hydrogen) atoms. The topological polar surface area (TPSA) is 47.1 Å². The molecule has 0 saturated heterocycles. The molecule has 5 heteroatoms. The molecule has 0 aliphatic heterocycles. The number of imidazole rings is 1. The highest BCUT2D eigenvalue weighted by Gasteiger charge is 2.08. The summed E-state index contributed by atoms with van der Waals surface area (Å²) in [5.74, 6) is 0.465. The molecule has 0 aliphatic rings. The van der Waals surface area contributed by atoms with Crippen molar-refractivity contribution in [2.75, 3.05) is 24.8 Å². The Bertz CT molecular complexity index is 475. The van der Waals surface area contributed by atoms with E-state index < -0.39 is 0 Å². The molecule has 0 aliphatic carbocycles. The van der Waals surface area contributed by atoms with E-state index in [-0.39, 0.29) is 0 Å². The lowest BCUT2D eigenvalue weighted by molar-refractivity contribution is 0.765. The van der Waals surface area contributed by atoms with E-state index in [2.05, 4.69) is 4.98 Å². The first kappa shape index (κ1) is 9.15. The highest BCUT2D eigenvalue weighted by atomic mass is 35.5. The fourth-order valence-electron chi connectivity index (χ4n) is 1.48. The van der Waals surface area contributed by atoms with Gasteiger partial charge >= 0.3 is 0 Å². The van der Waals surface area contributed by atoms with Crippen LogP contribution in [0.4, 0.5) is 5.95 Å². The van der Waals surface area contributed by atoms with Gasteiger partial charge in [0.1, 0.15) is 0 Å². The van der Waals surface area contributed by atoms with Crippen molar-refractivity contribution in [3.63, 3.8) is 0 Å². The zero-order valence-corrected chi connectivity index (χ0v) is 8.78. The summed E-state index contributed by atoms with van der Waals surface area (Å²) in [7, 11) is 3.82. The molecule has 0 saturated carbocycles. The monoisotopic (exact) mass is 210 g/mol. The zero-order chi connectivity index (χ0) is 10.3. The number of aromatic nitrogens is 2. The Morgan fingerprint density at radius 1 is 1.43 bits per heavy atom. The molecule has 0 atom stereocenters. The Morgan fingerprint density at radius 3 is 2.79 bits per heavy atom. The molecule has 0 radical (unpaired) electrons. The summed E-state index contributed by atoms with van der Waals surface area (Å²) in [6.07, 6.45) is 0. The van der Waals surface area contributed by atoms with Gasteiger partial charge in [-0.3, -0.25) is 0 Å². The van der Waals surface area contributed by atoms with Crippen LogP contribution in [-0.4, -0.2) is 23.8 Å². The third-order valence-electron chi connectivity index (χ3n) is 2.02. The van der Waals surface area contributed by atoms with Crippen LogP contribution in [-0.2, 0) is 0 Å². The fourth-order valence-corrected chi connectivity index (χ4v) is 1.65. The molecule has 0 spiro atoms. The number of benzene rings is 1. The quantitative estimate of drug-likeness (QED) is 0.776. The van der Waals surface area contributed by atoms with E-state index in [0.717, 1.165) is 11.0 Å². The molecule has 0 bridgehead atoms. The lowest BCUT2D eigenvalue weighted by atomic mass is 10.3. The van der Waals surface area contributed by atoms with E-state index in [1.54, 1.807) is 6.07 Å². The number of nitrogens with zero attached hydrogens (tertiary/aromatic N) is 3. The molecule has 0 fully saturated rings. The maximum atomic E-state index is 5.86. The molecular formula is C9H11ClN4. The average molecular weight is 211 g/mol. The Hall–Kier alpha value is -1.42. The highest BCUT2D eigenvalue weighted by Crippen LogP contribution is 2.21. The summed E-state index contributed by atoms with van der Waals surface area (Å²) in [6, 6.07) is 5.53. The molecule has 74 valence electrons. The van der Waals surface area contributed by atoms with Crippen molar-refractivity contribution in [3.05, 3.63) is 23.2 Å². The van der Waals surface area contributed by atoms with Crippen LogP contribution in [0.1, 0.15) is 0 Å². The van der Waals surface area contributed by atoms with Crippen molar-refractivity contribution in [1.82, 2.24) is 9.66 Å². The normalized spacial score (nSPS) is 10.8. The number of rotatable bonds is 1. The fraction of sp³-hybridized carbons (Fsp3) is 0.222. The first-order valence-electron chi connectivity index (χ1n) is 4.20. The lowest BCUT2D eigenvalue weighted by Crippen LogP contribution is -2.26. The van der Waals surface area contributed by atoms with Crippen LogP contribution < -0.4 is 10.7 Å². The molecule has 1 heterocycles. The molecule has 2 N–H and O–H groups in total. The second-order valence-electron chi connectivity index (χ2n) is 3.26. The smallest absolute Gasteiger partial charge is 0.220 e. The van der Waals surface area contributed by atoms with Gasteiger partial charge < -0.3 is 10.7 Å². The van der Waals surface area contributed by atoms with Crippen LogP contribution in [0, 0.1) is 0 Å². The van der Waals surface area contributed by atoms with Crippen LogP contribution in [0.15, 0.2) is 18.2 Å². The largest absolute Gasteiger partial charge is 0.368 e. The molecular weight excluding hydrogens is 200 g/mol. The van der Waals surface area contributed by atoms with E-state index in [4.69, 9.17) is 17.3 Å². The van der Waals surface area contributed by atoms with Crippen molar-refractivity contribution >= 4 is 28.6 Å². The van der Waals surface area contributed by atoms with E-state index in [9.17, 15) is 0 Å². The molecule has 1 aromatic carbocycles. The Kier molecular flexibility index (Phi) is 2.00. The van der Waals surface area contributed by atoms with Crippen LogP contribution in [0.25, 0.3) is 11.0 Å². The van der Waals surface area contributed by atoms with E-state index in [1.807, 2.05) is 35.9 Å². The third-order valence-corrected chi connectivity index (χ3v) is 2.25. The van der Waals surface area contributed by atoms with Gasteiger partial charge in [0.05, 0.1) is 11.0 Å². The number of hydrogen-bond acceptors (Lipinski definition) is 3. The van der Waals surface area contributed by atoms with Gasteiger partial charge in [-0.25, -0.2) is 9.66 Å². The predicted octanol–water partition coefficient (Wildman–Crippen LogP) is 1.47. The SMILES string of the molecule is CN(C)n1c(N)nc2cc(Cl)ccc21. The number of nitrogen functional groups attached to an aromatic ring is 1. The Morgan fingerprint density at radius 2 is 2.14 bits per heavy atom. The van der Waals surface area contributed by atoms with E-state index >= 15 is 0 Å². The van der Waals surface area contributed by atoms with Gasteiger partial charge in [0, 0.05) is 19.1 Å². The summed E-state index contributed by atoms with van der Waals surface area (Å²) in [5, 5.41) is 2.54. The summed E-state index contributed by atoms with van der Waals surface area (Å²) in [4.78, 5) is 4.21. The number of halogens is 1. The van der Waals surface area contributed by atoms with E-state index in [0.29, 0.717) is 11.0 Å². The zero-order valence-electron chi connectivity index (χ0n) is 8.03. The van der Waals surface area contributed by atoms with Crippen molar-refractivity contribution < 1.29 is 0 Å². The molecule has 4 nitrogen and oxygen atoms in total. The van der Waals surface area contributed by atoms with Gasteiger partial charge in [-0.2, -0.15) is 0 Å². The number of fused-ring (bicyclic) bond motifs is 1. The minimum absolute atomic E-state index is 0.465. The van der Waals surface area contributed by atoms with Gasteiger partial charge in [-0.15, -0.1) is 0 Å². The summed E-state index contributed by atoms with van der Waals surface area (Å²) < 4.78 is 1.83. The lowest BCUT2D eigenvalue weighted by Gasteiger charge is -2.15. The van der Waals surface area contributed by atoms with Crippen LogP contribution in [0.2, 0.25) is 5.02 Å². The molecule has 1 aromatic heterocycles. The maximum Gasteiger partial charge on any atom is 0.220 e. The second kappa shape index (κ2) is 3.06. The Labute approximate surface area is 86.9 Å². The highest BCUT2D eigenvalue weighted by molar-refractivity contribution is 6.31. The molecule has 2 aromatic rings. The van der Waals surface area contributed by atoms with Crippen molar-refractivity contribution in [3.8, 4) is 0 Å². The van der Waals surface area contributed by atoms with Gasteiger partial charge in [0.2, 0.25) is 5.95 Å². The maximum absolute atomic E-state index is 5.86. The summed E-state index contributed by atoms with van der Waals surface area (Å²) in [6.45, 7) is 0. The van der Waals surface area contributed by atoms with Crippen LogP contribution in [0.5, 0.6) is 0 Å². The number of anilines is 1. The first-order chi connectivity index (χ1) is 6.59. The minimum atomic E-state index is 0.465. The van der Waals surface area contributed by atoms with Crippen molar-refractivity contribution in [1.29, 1.82) is 0 Å². The second-order valence-corrected chi connectivity index (χ2v) is 3.70. The van der Waals surface area contributed by atoms with Crippen molar-refractivity contribution in [2.24, 2.45) is 0 Å². The Balaban J connectivity index is 2.77. The first-order valence-corrected chi connectivity index (χ1v) is 4.58. The molecule has 0 unspecified atom stereocenters. The van der Waals surface area contributed by atoms with Gasteiger partial charge in [-0.05, 0) is 18.2 Å². The standard InChI is InChI=1S/C9H11ClN4/c1-13(2)14-8-4-3-6(10)5-7(8)12-9(14)11/h3-5H,1-2H3,(H2,11,12). The van der Waals surface area contributed by atoms with Crippen molar-refractivity contribution in [2.45, 2.75) is 0 Å². The molecule has 2 rings (SSSR count). The van der Waals surface area contributed by atoms with Gasteiger partial charge in [0.25, 0.3) is 0 Å².